The van der Waals surface area contributed by atoms with Crippen LogP contribution >= 0.6 is 0 Å². The molecule has 4 N–H and O–H groups in total. The highest BCUT2D eigenvalue weighted by atomic mass is 16.7. The molecule has 2 aromatic carbocycles. The smallest absolute Gasteiger partial charge is 0.343 e. The number of hydrogen-bond acceptors (Lipinski definition) is 17. The quantitative estimate of drug-likeness (QED) is 0.0803. The number of nitrogens with zero attached hydrogens (tertiary/aromatic N) is 1. The van der Waals surface area contributed by atoms with Crippen LogP contribution in [-0.4, -0.2) is 148 Å². The van der Waals surface area contributed by atoms with Gasteiger partial charge in [-0.05, 0) is 117 Å². The largest absolute Gasteiger partial charge is 0.482 e. The van der Waals surface area contributed by atoms with Gasteiger partial charge >= 0.3 is 11.9 Å². The third-order valence-electron chi connectivity index (χ3n) is 16.1. The van der Waals surface area contributed by atoms with E-state index in [0.717, 1.165) is 11.1 Å². The molecule has 1 spiro atoms. The molecular formula is C56H69NO16. The number of hydrogen-bond donors (Lipinski definition) is 4. The van der Waals surface area contributed by atoms with Gasteiger partial charge in [0, 0.05) is 48.5 Å². The Kier molecular flexibility index (Phi) is 14.3. The predicted octanol–water partition coefficient (Wildman–Crippen LogP) is 5.41. The van der Waals surface area contributed by atoms with Crippen LogP contribution in [0, 0.1) is 17.8 Å². The van der Waals surface area contributed by atoms with E-state index < -0.39 is 95.5 Å². The molecule has 12 atom stereocenters. The van der Waals surface area contributed by atoms with Gasteiger partial charge in [0.25, 0.3) is 0 Å². The second-order valence-corrected chi connectivity index (χ2v) is 21.8. The summed E-state index contributed by atoms with van der Waals surface area (Å²) in [7, 11) is 1.29. The number of fused-ring (bicyclic) bond motifs is 2. The van der Waals surface area contributed by atoms with Gasteiger partial charge < -0.3 is 58.3 Å². The fourth-order valence-electron chi connectivity index (χ4n) is 12.5. The van der Waals surface area contributed by atoms with Crippen LogP contribution in [0.2, 0.25) is 0 Å². The minimum absolute atomic E-state index is 0.0377. The Morgan fingerprint density at radius 1 is 0.890 bits per heavy atom. The molecule has 8 aliphatic rings. The molecule has 0 aromatic heterocycles. The Bertz CT molecular complexity index is 2650. The summed E-state index contributed by atoms with van der Waals surface area (Å²) < 4.78 is 50.8. The first-order valence-electron chi connectivity index (χ1n) is 25.3. The fraction of sp³-hybridized carbons (Fsp3) is 0.571. The van der Waals surface area contributed by atoms with Crippen molar-refractivity contribution in [3.05, 3.63) is 87.5 Å². The maximum absolute atomic E-state index is 16.6. The highest BCUT2D eigenvalue weighted by Gasteiger charge is 2.86. The van der Waals surface area contributed by atoms with Crippen molar-refractivity contribution in [2.24, 2.45) is 17.8 Å². The van der Waals surface area contributed by atoms with Crippen LogP contribution in [0.1, 0.15) is 113 Å². The number of esters is 2. The lowest BCUT2D eigenvalue weighted by atomic mass is 9.44. The van der Waals surface area contributed by atoms with Crippen LogP contribution in [0.5, 0.6) is 23.0 Å². The van der Waals surface area contributed by atoms with Crippen molar-refractivity contribution >= 4 is 29.6 Å². The van der Waals surface area contributed by atoms with Gasteiger partial charge in [-0.15, -0.1) is 0 Å². The molecule has 394 valence electrons. The molecule has 10 rings (SSSR count). The van der Waals surface area contributed by atoms with Gasteiger partial charge in [-0.2, -0.15) is 0 Å². The molecule has 0 radical (unpaired) electrons. The lowest BCUT2D eigenvalue weighted by Gasteiger charge is -2.64. The van der Waals surface area contributed by atoms with E-state index in [4.69, 9.17) is 37.9 Å². The van der Waals surface area contributed by atoms with Crippen molar-refractivity contribution in [1.82, 2.24) is 4.90 Å². The van der Waals surface area contributed by atoms with Gasteiger partial charge in [0.2, 0.25) is 6.29 Å². The number of benzene rings is 2. The van der Waals surface area contributed by atoms with E-state index in [0.29, 0.717) is 62.4 Å². The van der Waals surface area contributed by atoms with E-state index >= 15 is 9.59 Å². The van der Waals surface area contributed by atoms with Crippen LogP contribution in [0.4, 0.5) is 0 Å². The van der Waals surface area contributed by atoms with Crippen molar-refractivity contribution in [3.8, 4) is 23.0 Å². The highest BCUT2D eigenvalue weighted by Crippen LogP contribution is 2.71. The summed E-state index contributed by atoms with van der Waals surface area (Å²) in [5, 5.41) is 40.9. The first-order chi connectivity index (χ1) is 34.6. The topological polar surface area (TPSA) is 226 Å². The van der Waals surface area contributed by atoms with Crippen molar-refractivity contribution in [2.45, 2.75) is 147 Å². The van der Waals surface area contributed by atoms with Crippen LogP contribution in [0.3, 0.4) is 0 Å². The second-order valence-electron chi connectivity index (χ2n) is 21.8. The Hall–Kier alpha value is -5.24. The monoisotopic (exact) mass is 1010 g/mol. The lowest BCUT2D eigenvalue weighted by molar-refractivity contribution is -0.277. The van der Waals surface area contributed by atoms with E-state index in [1.54, 1.807) is 13.0 Å². The van der Waals surface area contributed by atoms with Crippen molar-refractivity contribution < 1.29 is 77.5 Å². The summed E-state index contributed by atoms with van der Waals surface area (Å²) in [5.74, 6) is -3.64. The van der Waals surface area contributed by atoms with E-state index in [2.05, 4.69) is 11.0 Å². The standard InChI is InChI=1S/C56H69NO16/c1-29(2)11-10-20-54(8)21-19-35-46(71-54)34(17-12-30(3)4)48-39(47(35)70-51(65)32-13-15-33(16-14-32)68-52-45(62)44(61)42(59)37(28-58)69-52)43(60)40-41(57-23-25-67-26-24-57)36-27-38-53(6,7)73-55(49(36)63,56(38,40)72-48)22-18-31(5)50(64)66-9/h11-16,18-19,21,36-38,40-42,44-45,52,58-59,61-62H,10,17,20,22-28H2,1-9H3/b31-18-/t36?,37-,38?,40?,41?,42-,44-,45-,52-,54?,55?,56?/m1/s1. The second kappa shape index (κ2) is 19.8. The molecule has 5 aliphatic heterocycles. The van der Waals surface area contributed by atoms with Crippen molar-refractivity contribution in [3.63, 3.8) is 0 Å². The zero-order valence-corrected chi connectivity index (χ0v) is 43.1. The van der Waals surface area contributed by atoms with Gasteiger partial charge in [0.15, 0.2) is 28.5 Å². The summed E-state index contributed by atoms with van der Waals surface area (Å²) in [4.78, 5) is 62.0. The number of aliphatic hydroxyl groups excluding tert-OH is 4. The summed E-state index contributed by atoms with van der Waals surface area (Å²) in [5.41, 5.74) is -1.80. The molecular weight excluding hydrogens is 943 g/mol. The third kappa shape index (κ3) is 8.86. The summed E-state index contributed by atoms with van der Waals surface area (Å²) in [6.45, 7) is 16.5. The summed E-state index contributed by atoms with van der Waals surface area (Å²) >= 11 is 0. The molecule has 17 heteroatoms. The summed E-state index contributed by atoms with van der Waals surface area (Å²) in [6, 6.07) is 5.07. The normalized spacial score (nSPS) is 33.9. The number of aliphatic hydroxyl groups is 4. The lowest BCUT2D eigenvalue weighted by Crippen LogP contribution is -2.82. The molecule has 7 unspecified atom stereocenters. The molecule has 6 fully saturated rings. The van der Waals surface area contributed by atoms with E-state index in [9.17, 15) is 30.0 Å². The number of ether oxygens (including phenoxy) is 8. The van der Waals surface area contributed by atoms with Crippen LogP contribution in [0.25, 0.3) is 6.08 Å². The van der Waals surface area contributed by atoms with Crippen molar-refractivity contribution in [1.29, 1.82) is 0 Å². The van der Waals surface area contributed by atoms with E-state index in [-0.39, 0.29) is 58.4 Å². The number of rotatable bonds is 14. The maximum atomic E-state index is 16.6. The maximum Gasteiger partial charge on any atom is 0.343 e. The van der Waals surface area contributed by atoms with E-state index in [1.807, 2.05) is 66.7 Å². The minimum atomic E-state index is -1.74. The van der Waals surface area contributed by atoms with Crippen LogP contribution in [-0.2, 0) is 35.0 Å². The number of morpholine rings is 1. The van der Waals surface area contributed by atoms with Gasteiger partial charge in [0.1, 0.15) is 52.8 Å². The van der Waals surface area contributed by atoms with Crippen molar-refractivity contribution in [2.75, 3.05) is 40.0 Å². The molecule has 3 saturated heterocycles. The van der Waals surface area contributed by atoms with Gasteiger partial charge in [-0.1, -0.05) is 29.4 Å². The highest BCUT2D eigenvalue weighted by molar-refractivity contribution is 6.11. The average molecular weight is 1010 g/mol. The molecule has 3 saturated carbocycles. The molecule has 5 heterocycles. The Morgan fingerprint density at radius 2 is 1.59 bits per heavy atom. The van der Waals surface area contributed by atoms with Crippen LogP contribution < -0.4 is 18.9 Å². The third-order valence-corrected chi connectivity index (χ3v) is 16.1. The molecule has 4 bridgehead atoms. The van der Waals surface area contributed by atoms with Gasteiger partial charge in [0.05, 0.1) is 49.6 Å². The molecule has 2 aromatic rings. The number of allylic oxidation sites excluding steroid dienone is 4. The van der Waals surface area contributed by atoms with Crippen LogP contribution in [0.15, 0.2) is 65.3 Å². The zero-order valence-electron chi connectivity index (χ0n) is 43.1. The Morgan fingerprint density at radius 3 is 2.25 bits per heavy atom. The molecule has 73 heavy (non-hydrogen) atoms. The zero-order chi connectivity index (χ0) is 52.5. The van der Waals surface area contributed by atoms with E-state index in [1.165, 1.54) is 31.4 Å². The minimum Gasteiger partial charge on any atom is -0.482 e. The number of carbonyl (C=O) groups excluding carboxylic acids is 4. The Labute approximate surface area is 425 Å². The SMILES string of the molecule is COC(=O)/C(C)=C\CC12OC(C)(C)C3CC(C1=O)C(N1CCOCC1)C1C(=O)c4c(OC(=O)c5ccc(O[C@@H]6O[C@H](CO)[C@@H](O)[C@@H](O)[C@H]6O)cc5)c5c(c(CC=C(C)C)c4OC132)OC(C)(CCC=C(C)C)C=C5. The Balaban J connectivity index is 1.22. The predicted molar refractivity (Wildman–Crippen MR) is 264 cm³/mol. The summed E-state index contributed by atoms with van der Waals surface area (Å²) in [6.07, 6.45) is 3.84. The number of methoxy groups -OCH3 is 1. The van der Waals surface area contributed by atoms with Gasteiger partial charge in [-0.25, -0.2) is 9.59 Å². The average Bonchev–Trinajstić information content (AvgIpc) is 3.50. The fourth-order valence-corrected chi connectivity index (χ4v) is 12.5. The number of Topliss-reactive ketones (excluding diaryl/α,β-unsaturated/α-hetero) is 2. The molecule has 3 aliphatic carbocycles. The first-order valence-corrected chi connectivity index (χ1v) is 25.3. The van der Waals surface area contributed by atoms with Gasteiger partial charge in [-0.3, -0.25) is 14.5 Å². The number of ketones is 2. The molecule has 0 amide bonds. The molecule has 17 nitrogen and oxygen atoms in total. The number of carbonyl (C=O) groups is 4. The first kappa shape index (κ1) is 52.6.